The highest BCUT2D eigenvalue weighted by Crippen LogP contribution is 2.16. The molecule has 2 aromatic carbocycles. The molecular formula is C17H14FN3O3. The van der Waals surface area contributed by atoms with E-state index in [0.717, 1.165) is 5.56 Å². The molecule has 1 aromatic heterocycles. The first-order valence-electron chi connectivity index (χ1n) is 7.23. The fraction of sp³-hybridized carbons (Fsp3) is 0.118. The summed E-state index contributed by atoms with van der Waals surface area (Å²) in [7, 11) is 0. The predicted molar refractivity (Wildman–Crippen MR) is 83.5 cm³/mol. The highest BCUT2D eigenvalue weighted by molar-refractivity contribution is 5.77. The van der Waals surface area contributed by atoms with Crippen molar-refractivity contribution in [2.24, 2.45) is 0 Å². The molecule has 24 heavy (non-hydrogen) atoms. The van der Waals surface area contributed by atoms with E-state index in [1.807, 2.05) is 30.3 Å². The molecule has 0 radical (unpaired) electrons. The van der Waals surface area contributed by atoms with Gasteiger partial charge in [-0.3, -0.25) is 4.79 Å². The predicted octanol–water partition coefficient (Wildman–Crippen LogP) is 2.57. The van der Waals surface area contributed by atoms with Crippen molar-refractivity contribution < 1.29 is 18.3 Å². The number of carbonyl (C=O) groups excluding carboxylic acids is 1. The third kappa shape index (κ3) is 4.16. The highest BCUT2D eigenvalue weighted by Gasteiger charge is 2.10. The second-order valence-corrected chi connectivity index (χ2v) is 4.89. The van der Waals surface area contributed by atoms with E-state index < -0.39 is 5.82 Å². The number of nitrogens with zero attached hydrogens (tertiary/aromatic N) is 2. The smallest absolute Gasteiger partial charge is 0.258 e. The number of nitrogens with one attached hydrogen (secondary N) is 1. The van der Waals surface area contributed by atoms with Crippen LogP contribution in [-0.2, 0) is 11.3 Å². The van der Waals surface area contributed by atoms with Crippen molar-refractivity contribution in [3.05, 3.63) is 66.3 Å². The molecule has 0 aliphatic carbocycles. The van der Waals surface area contributed by atoms with Crippen LogP contribution in [0.4, 0.5) is 4.39 Å². The Kier molecular flexibility index (Phi) is 4.81. The van der Waals surface area contributed by atoms with E-state index in [9.17, 15) is 9.18 Å². The molecule has 0 unspecified atom stereocenters. The molecular weight excluding hydrogens is 313 g/mol. The van der Waals surface area contributed by atoms with Crippen molar-refractivity contribution in [1.82, 2.24) is 15.5 Å². The van der Waals surface area contributed by atoms with E-state index in [2.05, 4.69) is 15.5 Å². The van der Waals surface area contributed by atoms with Crippen LogP contribution in [0.15, 0.2) is 59.0 Å². The zero-order valence-corrected chi connectivity index (χ0v) is 12.6. The zero-order valence-electron chi connectivity index (χ0n) is 12.6. The fourth-order valence-electron chi connectivity index (χ4n) is 1.95. The van der Waals surface area contributed by atoms with Crippen LogP contribution < -0.4 is 10.1 Å². The highest BCUT2D eigenvalue weighted by atomic mass is 19.1. The maximum atomic E-state index is 13.0. The second kappa shape index (κ2) is 7.36. The van der Waals surface area contributed by atoms with Crippen molar-refractivity contribution in [3.8, 4) is 17.2 Å². The summed E-state index contributed by atoms with van der Waals surface area (Å²) in [4.78, 5) is 11.7. The fourth-order valence-corrected chi connectivity index (χ4v) is 1.95. The van der Waals surface area contributed by atoms with Crippen LogP contribution in [-0.4, -0.2) is 22.7 Å². The molecule has 1 heterocycles. The van der Waals surface area contributed by atoms with Gasteiger partial charge in [0.2, 0.25) is 11.8 Å². The standard InChI is InChI=1S/C17H14FN3O3/c18-13-7-4-8-14(9-13)23-11-15(22)19-10-16-20-21-17(24-16)12-5-2-1-3-6-12/h1-9H,10-11H2,(H,19,22). The largest absolute Gasteiger partial charge is 0.484 e. The van der Waals surface area contributed by atoms with E-state index >= 15 is 0 Å². The van der Waals surface area contributed by atoms with E-state index in [0.29, 0.717) is 5.89 Å². The van der Waals surface area contributed by atoms with Gasteiger partial charge in [0.1, 0.15) is 11.6 Å². The Balaban J connectivity index is 1.49. The van der Waals surface area contributed by atoms with E-state index in [1.54, 1.807) is 6.07 Å². The molecule has 1 N–H and O–H groups in total. The summed E-state index contributed by atoms with van der Waals surface area (Å²) >= 11 is 0. The molecule has 0 saturated heterocycles. The number of rotatable bonds is 6. The lowest BCUT2D eigenvalue weighted by Crippen LogP contribution is -2.28. The van der Waals surface area contributed by atoms with Crippen LogP contribution in [0.3, 0.4) is 0 Å². The number of carbonyl (C=O) groups is 1. The zero-order chi connectivity index (χ0) is 16.8. The van der Waals surface area contributed by atoms with Gasteiger partial charge >= 0.3 is 0 Å². The van der Waals surface area contributed by atoms with Gasteiger partial charge in [0.05, 0.1) is 6.54 Å². The van der Waals surface area contributed by atoms with Crippen LogP contribution in [0.5, 0.6) is 5.75 Å². The van der Waals surface area contributed by atoms with Crippen LogP contribution >= 0.6 is 0 Å². The van der Waals surface area contributed by atoms with Gasteiger partial charge < -0.3 is 14.5 Å². The number of aromatic nitrogens is 2. The molecule has 0 saturated carbocycles. The molecule has 3 aromatic rings. The topological polar surface area (TPSA) is 77.2 Å². The molecule has 0 aliphatic heterocycles. The van der Waals surface area contributed by atoms with Crippen molar-refractivity contribution >= 4 is 5.91 Å². The summed E-state index contributed by atoms with van der Waals surface area (Å²) < 4.78 is 23.7. The van der Waals surface area contributed by atoms with Gasteiger partial charge in [-0.15, -0.1) is 10.2 Å². The van der Waals surface area contributed by atoms with Crippen molar-refractivity contribution in [2.45, 2.75) is 6.54 Å². The number of hydrogen-bond donors (Lipinski definition) is 1. The monoisotopic (exact) mass is 327 g/mol. The Bertz CT molecular complexity index is 821. The van der Waals surface area contributed by atoms with E-state index in [4.69, 9.17) is 9.15 Å². The Hall–Kier alpha value is -3.22. The summed E-state index contributed by atoms with van der Waals surface area (Å²) in [6, 6.07) is 14.9. The molecule has 0 fully saturated rings. The number of ether oxygens (including phenoxy) is 1. The molecule has 0 aliphatic rings. The molecule has 3 rings (SSSR count). The first-order chi connectivity index (χ1) is 11.7. The summed E-state index contributed by atoms with van der Waals surface area (Å²) in [5.74, 6) is 0.157. The SMILES string of the molecule is O=C(COc1cccc(F)c1)NCc1nnc(-c2ccccc2)o1. The minimum atomic E-state index is -0.424. The van der Waals surface area contributed by atoms with Crippen molar-refractivity contribution in [2.75, 3.05) is 6.61 Å². The van der Waals surface area contributed by atoms with Gasteiger partial charge in [-0.1, -0.05) is 24.3 Å². The molecule has 122 valence electrons. The molecule has 0 atom stereocenters. The molecule has 0 spiro atoms. The third-order valence-electron chi connectivity index (χ3n) is 3.09. The lowest BCUT2D eigenvalue weighted by molar-refractivity contribution is -0.123. The van der Waals surface area contributed by atoms with Gasteiger partial charge in [0.25, 0.3) is 5.91 Å². The Labute approximate surface area is 137 Å². The first-order valence-corrected chi connectivity index (χ1v) is 7.23. The van der Waals surface area contributed by atoms with Crippen LogP contribution in [0.25, 0.3) is 11.5 Å². The Morgan fingerprint density at radius 2 is 1.96 bits per heavy atom. The maximum Gasteiger partial charge on any atom is 0.258 e. The molecule has 1 amide bonds. The van der Waals surface area contributed by atoms with Gasteiger partial charge in [-0.05, 0) is 24.3 Å². The average Bonchev–Trinajstić information content (AvgIpc) is 3.08. The summed E-state index contributed by atoms with van der Waals surface area (Å²) in [6.45, 7) is -0.145. The van der Waals surface area contributed by atoms with Crippen LogP contribution in [0.2, 0.25) is 0 Å². The van der Waals surface area contributed by atoms with Gasteiger partial charge in [-0.2, -0.15) is 0 Å². The van der Waals surface area contributed by atoms with Gasteiger partial charge in [0.15, 0.2) is 6.61 Å². The first kappa shape index (κ1) is 15.7. The maximum absolute atomic E-state index is 13.0. The number of hydrogen-bond acceptors (Lipinski definition) is 5. The average molecular weight is 327 g/mol. The summed E-state index contributed by atoms with van der Waals surface area (Å²) in [5, 5.41) is 10.4. The Morgan fingerprint density at radius 1 is 1.12 bits per heavy atom. The third-order valence-corrected chi connectivity index (χ3v) is 3.09. The van der Waals surface area contributed by atoms with Crippen LogP contribution in [0.1, 0.15) is 5.89 Å². The quantitative estimate of drug-likeness (QED) is 0.753. The van der Waals surface area contributed by atoms with Gasteiger partial charge in [0, 0.05) is 11.6 Å². The lowest BCUT2D eigenvalue weighted by Gasteiger charge is -2.06. The molecule has 6 nitrogen and oxygen atoms in total. The Morgan fingerprint density at radius 3 is 2.75 bits per heavy atom. The minimum Gasteiger partial charge on any atom is -0.484 e. The molecule has 7 heteroatoms. The van der Waals surface area contributed by atoms with Crippen LogP contribution in [0, 0.1) is 5.82 Å². The minimum absolute atomic E-state index is 0.0885. The number of halogens is 1. The van der Waals surface area contributed by atoms with Crippen molar-refractivity contribution in [3.63, 3.8) is 0 Å². The second-order valence-electron chi connectivity index (χ2n) is 4.89. The lowest BCUT2D eigenvalue weighted by atomic mass is 10.2. The number of benzene rings is 2. The summed E-state index contributed by atoms with van der Waals surface area (Å²) in [5.41, 5.74) is 0.803. The van der Waals surface area contributed by atoms with Crippen molar-refractivity contribution in [1.29, 1.82) is 0 Å². The van der Waals surface area contributed by atoms with Gasteiger partial charge in [-0.25, -0.2) is 4.39 Å². The number of amides is 1. The van der Waals surface area contributed by atoms with E-state index in [-0.39, 0.29) is 30.7 Å². The molecule has 0 bridgehead atoms. The normalized spacial score (nSPS) is 10.4. The van der Waals surface area contributed by atoms with E-state index in [1.165, 1.54) is 18.2 Å². The summed E-state index contributed by atoms with van der Waals surface area (Å²) in [6.07, 6.45) is 0.